The Morgan fingerprint density at radius 1 is 1.19 bits per heavy atom. The summed E-state index contributed by atoms with van der Waals surface area (Å²) < 4.78 is 29.9. The number of nitrogens with zero attached hydrogens (tertiary/aromatic N) is 2. The average Bonchev–Trinajstić information content (AvgIpc) is 3.18. The zero-order valence-corrected chi connectivity index (χ0v) is 15.8. The number of rotatable bonds is 5. The highest BCUT2D eigenvalue weighted by atomic mass is 32.2. The Balaban J connectivity index is 2.17. The summed E-state index contributed by atoms with van der Waals surface area (Å²) in [6, 6.07) is 8.80. The van der Waals surface area contributed by atoms with Crippen LogP contribution in [0.15, 0.2) is 59.1 Å². The molecule has 0 radical (unpaired) electrons. The van der Waals surface area contributed by atoms with Gasteiger partial charge in [0, 0.05) is 25.0 Å². The third-order valence-corrected chi connectivity index (χ3v) is 6.68. The van der Waals surface area contributed by atoms with Crippen molar-refractivity contribution in [1.82, 2.24) is 8.87 Å². The van der Waals surface area contributed by atoms with Gasteiger partial charge in [-0.3, -0.25) is 0 Å². The first-order chi connectivity index (χ1) is 12.3. The van der Waals surface area contributed by atoms with E-state index in [1.165, 1.54) is 4.31 Å². The minimum Gasteiger partial charge on any atom is -0.478 e. The minimum absolute atomic E-state index is 0.0920. The predicted octanol–water partition coefficient (Wildman–Crippen LogP) is 2.87. The summed E-state index contributed by atoms with van der Waals surface area (Å²) in [7, 11) is -2.09. The van der Waals surface area contributed by atoms with E-state index in [1.807, 2.05) is 13.8 Å². The van der Waals surface area contributed by atoms with Crippen molar-refractivity contribution in [2.45, 2.75) is 37.2 Å². The lowest BCUT2D eigenvalue weighted by molar-refractivity contribution is -0.133. The molecule has 1 aromatic heterocycles. The molecule has 0 bridgehead atoms. The van der Waals surface area contributed by atoms with E-state index < -0.39 is 28.1 Å². The summed E-state index contributed by atoms with van der Waals surface area (Å²) in [5, 5.41) is 9.68. The van der Waals surface area contributed by atoms with Gasteiger partial charge in [0.2, 0.25) is 10.0 Å². The van der Waals surface area contributed by atoms with Crippen LogP contribution in [0.4, 0.5) is 0 Å². The summed E-state index contributed by atoms with van der Waals surface area (Å²) in [5.74, 6) is -1.10. The minimum atomic E-state index is -3.87. The normalized spacial score (nSPS) is 21.0. The lowest BCUT2D eigenvalue weighted by Crippen LogP contribution is -2.39. The Morgan fingerprint density at radius 3 is 2.35 bits per heavy atom. The zero-order chi connectivity index (χ0) is 19.1. The van der Waals surface area contributed by atoms with Crippen molar-refractivity contribution in [3.8, 4) is 0 Å². The Morgan fingerprint density at radius 2 is 1.85 bits per heavy atom. The fourth-order valence-electron chi connectivity index (χ4n) is 3.38. The lowest BCUT2D eigenvalue weighted by atomic mass is 10.1. The molecular formula is C19H22N2O4S. The fourth-order valence-corrected chi connectivity index (χ4v) is 5.17. The molecule has 3 rings (SSSR count). The van der Waals surface area contributed by atoms with Gasteiger partial charge in [0.05, 0.1) is 16.5 Å². The second-order valence-corrected chi connectivity index (χ2v) is 8.34. The molecule has 6 nitrogen and oxygen atoms in total. The third kappa shape index (κ3) is 2.97. The van der Waals surface area contributed by atoms with Crippen molar-refractivity contribution in [2.75, 3.05) is 0 Å². The van der Waals surface area contributed by atoms with E-state index in [0.29, 0.717) is 12.1 Å². The predicted molar refractivity (Wildman–Crippen MR) is 98.2 cm³/mol. The van der Waals surface area contributed by atoms with Gasteiger partial charge in [0.15, 0.2) is 0 Å². The van der Waals surface area contributed by atoms with Crippen LogP contribution >= 0.6 is 0 Å². The Hall–Kier alpha value is -2.38. The summed E-state index contributed by atoms with van der Waals surface area (Å²) in [5.41, 5.74) is 1.68. The van der Waals surface area contributed by atoms with Crippen LogP contribution in [0.1, 0.15) is 30.6 Å². The number of hydrogen-bond acceptors (Lipinski definition) is 3. The summed E-state index contributed by atoms with van der Waals surface area (Å²) in [6.45, 7) is 3.74. The number of hydrogen-bond donors (Lipinski definition) is 1. The summed E-state index contributed by atoms with van der Waals surface area (Å²) in [4.78, 5) is 12.0. The van der Waals surface area contributed by atoms with Gasteiger partial charge in [0.1, 0.15) is 0 Å². The number of aliphatic carboxylic acids is 1. The first kappa shape index (κ1) is 18.4. The van der Waals surface area contributed by atoms with Gasteiger partial charge in [-0.2, -0.15) is 4.31 Å². The molecule has 2 heterocycles. The van der Waals surface area contributed by atoms with Crippen molar-refractivity contribution in [3.63, 3.8) is 0 Å². The number of sulfonamides is 1. The Labute approximate surface area is 153 Å². The molecule has 0 spiro atoms. The molecule has 1 aliphatic rings. The molecule has 0 saturated heterocycles. The molecule has 1 N–H and O–H groups in total. The SMILES string of the molecule is CC[C@H]1C=C(C(=O)O)[C@@H](c2cccn2C)N1S(=O)(=O)c1ccc(C)cc1. The topological polar surface area (TPSA) is 79.6 Å². The molecule has 0 saturated carbocycles. The van der Waals surface area contributed by atoms with E-state index in [9.17, 15) is 18.3 Å². The van der Waals surface area contributed by atoms with Crippen LogP contribution in [0.25, 0.3) is 0 Å². The second kappa shape index (κ2) is 6.74. The van der Waals surface area contributed by atoms with Gasteiger partial charge in [-0.25, -0.2) is 13.2 Å². The number of carboxylic acid groups (broad SMARTS) is 1. The molecule has 0 unspecified atom stereocenters. The molecule has 2 atom stereocenters. The molecule has 0 fully saturated rings. The van der Waals surface area contributed by atoms with Crippen LogP contribution in [0.3, 0.4) is 0 Å². The van der Waals surface area contributed by atoms with Crippen molar-refractivity contribution in [3.05, 3.63) is 65.5 Å². The second-order valence-electron chi connectivity index (χ2n) is 6.50. The largest absolute Gasteiger partial charge is 0.478 e. The standard InChI is InChI=1S/C19H22N2O4S/c1-4-14-12-16(19(22)23)18(17-6-5-11-20(17)3)21(14)26(24,25)15-9-7-13(2)8-10-15/h5-12,14,18H,4H2,1-3H3,(H,22,23)/t14-,18-/m0/s1. The number of benzene rings is 1. The third-order valence-electron chi connectivity index (χ3n) is 4.77. The van der Waals surface area contributed by atoms with Gasteiger partial charge in [-0.05, 0) is 37.6 Å². The van der Waals surface area contributed by atoms with Crippen molar-refractivity contribution < 1.29 is 18.3 Å². The highest BCUT2D eigenvalue weighted by molar-refractivity contribution is 7.89. The monoisotopic (exact) mass is 374 g/mol. The average molecular weight is 374 g/mol. The molecule has 1 aliphatic heterocycles. The molecule has 138 valence electrons. The van der Waals surface area contributed by atoms with E-state index in [1.54, 1.807) is 60.3 Å². The van der Waals surface area contributed by atoms with Gasteiger partial charge in [0.25, 0.3) is 0 Å². The van der Waals surface area contributed by atoms with E-state index >= 15 is 0 Å². The van der Waals surface area contributed by atoms with Gasteiger partial charge < -0.3 is 9.67 Å². The van der Waals surface area contributed by atoms with E-state index in [-0.39, 0.29) is 10.5 Å². The molecule has 0 aliphatic carbocycles. The highest BCUT2D eigenvalue weighted by Gasteiger charge is 2.46. The van der Waals surface area contributed by atoms with Crippen LogP contribution in [0, 0.1) is 6.92 Å². The molecule has 2 aromatic rings. The maximum atomic E-state index is 13.4. The van der Waals surface area contributed by atoms with Crippen LogP contribution in [-0.2, 0) is 21.9 Å². The van der Waals surface area contributed by atoms with Gasteiger partial charge in [-0.1, -0.05) is 30.7 Å². The summed E-state index contributed by atoms with van der Waals surface area (Å²) in [6.07, 6.45) is 3.83. The lowest BCUT2D eigenvalue weighted by Gasteiger charge is -2.30. The molecule has 7 heteroatoms. The van der Waals surface area contributed by atoms with Crippen LogP contribution < -0.4 is 0 Å². The maximum absolute atomic E-state index is 13.4. The molecule has 0 amide bonds. The molecular weight excluding hydrogens is 352 g/mol. The Kier molecular flexibility index (Phi) is 4.77. The Bertz CT molecular complexity index is 958. The first-order valence-electron chi connectivity index (χ1n) is 8.43. The smallest absolute Gasteiger partial charge is 0.333 e. The number of carbonyl (C=O) groups is 1. The van der Waals surface area contributed by atoms with Crippen LogP contribution in [0.5, 0.6) is 0 Å². The van der Waals surface area contributed by atoms with Gasteiger partial charge in [-0.15, -0.1) is 0 Å². The fraction of sp³-hybridized carbons (Fsp3) is 0.316. The quantitative estimate of drug-likeness (QED) is 0.873. The summed E-state index contributed by atoms with van der Waals surface area (Å²) >= 11 is 0. The number of aryl methyl sites for hydroxylation is 2. The van der Waals surface area contributed by atoms with E-state index in [4.69, 9.17) is 0 Å². The van der Waals surface area contributed by atoms with Gasteiger partial charge >= 0.3 is 5.97 Å². The molecule has 26 heavy (non-hydrogen) atoms. The van der Waals surface area contributed by atoms with Crippen molar-refractivity contribution in [2.24, 2.45) is 7.05 Å². The molecule has 1 aromatic carbocycles. The van der Waals surface area contributed by atoms with E-state index in [2.05, 4.69) is 0 Å². The van der Waals surface area contributed by atoms with Crippen LogP contribution in [-0.4, -0.2) is 34.4 Å². The van der Waals surface area contributed by atoms with Crippen molar-refractivity contribution >= 4 is 16.0 Å². The van der Waals surface area contributed by atoms with Crippen LogP contribution in [0.2, 0.25) is 0 Å². The van der Waals surface area contributed by atoms with Crippen molar-refractivity contribution in [1.29, 1.82) is 0 Å². The number of carboxylic acids is 1. The van der Waals surface area contributed by atoms with E-state index in [0.717, 1.165) is 5.56 Å². The highest BCUT2D eigenvalue weighted by Crippen LogP contribution is 2.41. The zero-order valence-electron chi connectivity index (χ0n) is 15.0. The maximum Gasteiger partial charge on any atom is 0.333 e. The number of aromatic nitrogens is 1. The first-order valence-corrected chi connectivity index (χ1v) is 9.87.